The van der Waals surface area contributed by atoms with Crippen LogP contribution in [0.5, 0.6) is 0 Å². The maximum absolute atomic E-state index is 12.4. The van der Waals surface area contributed by atoms with Gasteiger partial charge in [0.25, 0.3) is 0 Å². The molecule has 1 fully saturated rings. The molecule has 3 rings (SSSR count). The molecule has 0 aliphatic carbocycles. The Hall–Kier alpha value is -1.59. The predicted molar refractivity (Wildman–Crippen MR) is 110 cm³/mol. The molecule has 0 bridgehead atoms. The number of amides is 1. The number of carbonyl (C=O) groups is 1. The van der Waals surface area contributed by atoms with E-state index in [2.05, 4.69) is 22.3 Å². The summed E-state index contributed by atoms with van der Waals surface area (Å²) >= 11 is 12.1. The van der Waals surface area contributed by atoms with Gasteiger partial charge >= 0.3 is 0 Å². The minimum absolute atomic E-state index is 0.0791. The number of rotatable bonds is 8. The fourth-order valence-electron chi connectivity index (χ4n) is 3.22. The average Bonchev–Trinajstić information content (AvgIpc) is 3.17. The molecule has 1 aliphatic heterocycles. The Labute approximate surface area is 170 Å². The van der Waals surface area contributed by atoms with Crippen LogP contribution >= 0.6 is 23.2 Å². The van der Waals surface area contributed by atoms with E-state index in [1.165, 1.54) is 5.56 Å². The Kier molecular flexibility index (Phi) is 7.53. The normalized spacial score (nSPS) is 16.6. The predicted octanol–water partition coefficient (Wildman–Crippen LogP) is 5.00. The van der Waals surface area contributed by atoms with Crippen LogP contribution in [0.2, 0.25) is 10.0 Å². The number of ether oxygens (including phenoxy) is 1. The van der Waals surface area contributed by atoms with Crippen LogP contribution in [0.15, 0.2) is 48.5 Å². The maximum atomic E-state index is 12.4. The third kappa shape index (κ3) is 6.51. The zero-order valence-electron chi connectivity index (χ0n) is 15.2. The number of hydrogen-bond acceptors (Lipinski definition) is 3. The lowest BCUT2D eigenvalue weighted by molar-refractivity contribution is -0.116. The summed E-state index contributed by atoms with van der Waals surface area (Å²) in [5, 5.41) is 3.87. The lowest BCUT2D eigenvalue weighted by Crippen LogP contribution is -2.34. The fraction of sp³-hybridized carbons (Fsp3) is 0.381. The molecular weight excluding hydrogens is 383 g/mol. The molecule has 144 valence electrons. The smallest absolute Gasteiger partial charge is 0.225 e. The number of halogens is 2. The van der Waals surface area contributed by atoms with Gasteiger partial charge < -0.3 is 10.1 Å². The van der Waals surface area contributed by atoms with Crippen molar-refractivity contribution in [2.24, 2.45) is 0 Å². The van der Waals surface area contributed by atoms with E-state index in [1.807, 2.05) is 18.2 Å². The first-order valence-corrected chi connectivity index (χ1v) is 9.98. The molecule has 27 heavy (non-hydrogen) atoms. The quantitative estimate of drug-likeness (QED) is 0.670. The van der Waals surface area contributed by atoms with E-state index in [-0.39, 0.29) is 12.0 Å². The average molecular weight is 407 g/mol. The Morgan fingerprint density at radius 1 is 1.19 bits per heavy atom. The van der Waals surface area contributed by atoms with Crippen molar-refractivity contribution in [1.82, 2.24) is 4.90 Å². The molecule has 0 aromatic heterocycles. The van der Waals surface area contributed by atoms with Gasteiger partial charge in [0.2, 0.25) is 5.91 Å². The van der Waals surface area contributed by atoms with E-state index in [0.717, 1.165) is 32.5 Å². The first-order chi connectivity index (χ1) is 13.1. The van der Waals surface area contributed by atoms with Gasteiger partial charge in [0.1, 0.15) is 0 Å². The topological polar surface area (TPSA) is 41.6 Å². The maximum Gasteiger partial charge on any atom is 0.225 e. The summed E-state index contributed by atoms with van der Waals surface area (Å²) in [5.74, 6) is -0.0791. The van der Waals surface area contributed by atoms with E-state index >= 15 is 0 Å². The molecule has 1 heterocycles. The Balaban J connectivity index is 1.57. The number of carbonyl (C=O) groups excluding carboxylic acids is 1. The van der Waals surface area contributed by atoms with Gasteiger partial charge in [0.05, 0.1) is 16.8 Å². The summed E-state index contributed by atoms with van der Waals surface area (Å²) in [7, 11) is 0. The highest BCUT2D eigenvalue weighted by atomic mass is 35.5. The van der Waals surface area contributed by atoms with Gasteiger partial charge in [0, 0.05) is 37.7 Å². The van der Waals surface area contributed by atoms with Gasteiger partial charge in [-0.3, -0.25) is 9.69 Å². The number of benzene rings is 2. The second-order valence-corrected chi connectivity index (χ2v) is 7.62. The van der Waals surface area contributed by atoms with E-state index in [1.54, 1.807) is 18.2 Å². The van der Waals surface area contributed by atoms with Crippen molar-refractivity contribution in [1.29, 1.82) is 0 Å². The third-order valence-electron chi connectivity index (χ3n) is 4.59. The van der Waals surface area contributed by atoms with Crippen LogP contribution in [-0.4, -0.2) is 36.6 Å². The van der Waals surface area contributed by atoms with Gasteiger partial charge in [-0.05, 0) is 36.6 Å². The van der Waals surface area contributed by atoms with Crippen molar-refractivity contribution in [3.63, 3.8) is 0 Å². The van der Waals surface area contributed by atoms with Crippen LogP contribution in [0.1, 0.15) is 24.8 Å². The van der Waals surface area contributed by atoms with Crippen molar-refractivity contribution in [3.05, 3.63) is 64.1 Å². The van der Waals surface area contributed by atoms with E-state index < -0.39 is 0 Å². The number of nitrogens with zero attached hydrogens (tertiary/aromatic N) is 1. The third-order valence-corrected chi connectivity index (χ3v) is 5.16. The molecule has 2 aromatic carbocycles. The van der Waals surface area contributed by atoms with Gasteiger partial charge in [0.15, 0.2) is 0 Å². The number of anilines is 1. The zero-order valence-corrected chi connectivity index (χ0v) is 16.7. The molecule has 1 aliphatic rings. The van der Waals surface area contributed by atoms with Crippen LogP contribution in [0.25, 0.3) is 0 Å². The molecule has 0 spiro atoms. The minimum atomic E-state index is -0.0791. The Morgan fingerprint density at radius 2 is 2.00 bits per heavy atom. The Bertz CT molecular complexity index is 749. The summed E-state index contributed by atoms with van der Waals surface area (Å²) in [6.07, 6.45) is 2.81. The molecule has 1 unspecified atom stereocenters. The van der Waals surface area contributed by atoms with Crippen LogP contribution in [0.4, 0.5) is 5.69 Å². The van der Waals surface area contributed by atoms with Crippen LogP contribution in [0, 0.1) is 0 Å². The molecule has 1 atom stereocenters. The largest absolute Gasteiger partial charge is 0.377 e. The second-order valence-electron chi connectivity index (χ2n) is 6.78. The summed E-state index contributed by atoms with van der Waals surface area (Å²) in [4.78, 5) is 14.7. The standard InChI is InChI=1S/C21H24Cl2N2O2/c22-17-8-9-19(23)20(13-17)24-21(26)10-11-25(15-18-7-4-12-27-18)14-16-5-2-1-3-6-16/h1-3,5-6,8-9,13,18H,4,7,10-12,14-15H2,(H,24,26). The first kappa shape index (κ1) is 20.2. The van der Waals surface area contributed by atoms with Crippen molar-refractivity contribution in [2.45, 2.75) is 31.9 Å². The molecule has 2 aromatic rings. The molecule has 1 saturated heterocycles. The van der Waals surface area contributed by atoms with Gasteiger partial charge in [-0.1, -0.05) is 53.5 Å². The number of hydrogen-bond donors (Lipinski definition) is 1. The summed E-state index contributed by atoms with van der Waals surface area (Å²) in [6, 6.07) is 15.3. The molecule has 1 amide bonds. The second kappa shape index (κ2) is 10.1. The van der Waals surface area contributed by atoms with Crippen LogP contribution < -0.4 is 5.32 Å². The van der Waals surface area contributed by atoms with Crippen molar-refractivity contribution >= 4 is 34.8 Å². The summed E-state index contributed by atoms with van der Waals surface area (Å²) in [5.41, 5.74) is 1.77. The van der Waals surface area contributed by atoms with E-state index in [0.29, 0.717) is 28.7 Å². The minimum Gasteiger partial charge on any atom is -0.377 e. The monoisotopic (exact) mass is 406 g/mol. The van der Waals surface area contributed by atoms with Crippen molar-refractivity contribution < 1.29 is 9.53 Å². The number of nitrogens with one attached hydrogen (secondary N) is 1. The molecule has 6 heteroatoms. The molecule has 0 radical (unpaired) electrons. The first-order valence-electron chi connectivity index (χ1n) is 9.23. The highest BCUT2D eigenvalue weighted by molar-refractivity contribution is 6.35. The lowest BCUT2D eigenvalue weighted by Gasteiger charge is -2.25. The highest BCUT2D eigenvalue weighted by Crippen LogP contribution is 2.25. The zero-order chi connectivity index (χ0) is 19.1. The van der Waals surface area contributed by atoms with Crippen LogP contribution in [0.3, 0.4) is 0 Å². The SMILES string of the molecule is O=C(CCN(Cc1ccccc1)CC1CCCO1)Nc1cc(Cl)ccc1Cl. The molecular formula is C21H24Cl2N2O2. The van der Waals surface area contributed by atoms with E-state index in [4.69, 9.17) is 27.9 Å². The van der Waals surface area contributed by atoms with Crippen molar-refractivity contribution in [3.8, 4) is 0 Å². The van der Waals surface area contributed by atoms with Gasteiger partial charge in [-0.15, -0.1) is 0 Å². The highest BCUT2D eigenvalue weighted by Gasteiger charge is 2.20. The van der Waals surface area contributed by atoms with Crippen LogP contribution in [-0.2, 0) is 16.1 Å². The van der Waals surface area contributed by atoms with Crippen molar-refractivity contribution in [2.75, 3.05) is 25.0 Å². The summed E-state index contributed by atoms with van der Waals surface area (Å²) in [6.45, 7) is 3.11. The molecule has 4 nitrogen and oxygen atoms in total. The molecule has 0 saturated carbocycles. The Morgan fingerprint density at radius 3 is 2.74 bits per heavy atom. The van der Waals surface area contributed by atoms with E-state index in [9.17, 15) is 4.79 Å². The van der Waals surface area contributed by atoms with Gasteiger partial charge in [-0.25, -0.2) is 0 Å². The molecule has 1 N–H and O–H groups in total. The summed E-state index contributed by atoms with van der Waals surface area (Å²) < 4.78 is 5.78. The fourth-order valence-corrected chi connectivity index (χ4v) is 3.56. The van der Waals surface area contributed by atoms with Gasteiger partial charge in [-0.2, -0.15) is 0 Å². The lowest BCUT2D eigenvalue weighted by atomic mass is 10.1.